The number of carbonyl (C=O) groups excluding carboxylic acids is 1. The van der Waals surface area contributed by atoms with Gasteiger partial charge in [-0.25, -0.2) is 4.98 Å². The van der Waals surface area contributed by atoms with E-state index in [0.717, 1.165) is 40.4 Å². The summed E-state index contributed by atoms with van der Waals surface area (Å²) in [5.74, 6) is 0.820. The second-order valence-corrected chi connectivity index (χ2v) is 8.62. The first-order valence-electron chi connectivity index (χ1n) is 11.1. The molecular weight excluding hydrogens is 441 g/mol. The van der Waals surface area contributed by atoms with Gasteiger partial charge in [-0.05, 0) is 60.7 Å². The average molecular weight is 469 g/mol. The summed E-state index contributed by atoms with van der Waals surface area (Å²) >= 11 is 0. The number of amides is 1. The van der Waals surface area contributed by atoms with Crippen LogP contribution in [0.15, 0.2) is 47.5 Å². The van der Waals surface area contributed by atoms with Crippen LogP contribution in [0, 0.1) is 13.8 Å². The number of rotatable bonds is 3. The Morgan fingerprint density at radius 3 is 2.59 bits per heavy atom. The Hall–Kier alpha value is -3.42. The molecule has 1 aliphatic heterocycles. The van der Waals surface area contributed by atoms with Crippen LogP contribution in [0.4, 0.5) is 13.2 Å². The van der Waals surface area contributed by atoms with Crippen molar-refractivity contribution >= 4 is 22.4 Å². The minimum absolute atomic E-state index is 0.0616. The minimum atomic E-state index is -4.40. The lowest BCUT2D eigenvalue weighted by molar-refractivity contribution is -0.138. The van der Waals surface area contributed by atoms with Crippen LogP contribution < -0.4 is 5.49 Å². The molecule has 1 aliphatic rings. The smallest absolute Gasteiger partial charge is 0.339 e. The van der Waals surface area contributed by atoms with Crippen LogP contribution in [0.3, 0.4) is 0 Å². The van der Waals surface area contributed by atoms with Crippen molar-refractivity contribution in [2.45, 2.75) is 39.9 Å². The van der Waals surface area contributed by atoms with E-state index in [2.05, 4.69) is 22.1 Å². The van der Waals surface area contributed by atoms with Crippen molar-refractivity contribution in [1.82, 2.24) is 14.5 Å². The molecule has 0 fully saturated rings. The van der Waals surface area contributed by atoms with Crippen LogP contribution in [0.25, 0.3) is 16.5 Å². The SMILES string of the molecule is CC(=O)N1CC=C(c2ccc3c(c2)c(=NCc2cccc(C(F)(F)F)c2C)nc(C)n3C)CC1. The molecule has 0 unspecified atom stereocenters. The van der Waals surface area contributed by atoms with Crippen molar-refractivity contribution in [3.8, 4) is 0 Å². The largest absolute Gasteiger partial charge is 0.416 e. The van der Waals surface area contributed by atoms with E-state index >= 15 is 0 Å². The Bertz CT molecular complexity index is 1370. The zero-order chi connectivity index (χ0) is 24.6. The van der Waals surface area contributed by atoms with Gasteiger partial charge in [0, 0.05) is 32.4 Å². The normalized spacial score (nSPS) is 15.1. The second kappa shape index (κ2) is 9.08. The van der Waals surface area contributed by atoms with E-state index < -0.39 is 11.7 Å². The first kappa shape index (κ1) is 23.7. The maximum Gasteiger partial charge on any atom is 0.416 e. The summed E-state index contributed by atoms with van der Waals surface area (Å²) in [6.07, 6.45) is -1.58. The van der Waals surface area contributed by atoms with E-state index in [1.54, 1.807) is 17.9 Å². The van der Waals surface area contributed by atoms with Crippen molar-refractivity contribution in [3.63, 3.8) is 0 Å². The molecule has 34 heavy (non-hydrogen) atoms. The average Bonchev–Trinajstić information content (AvgIpc) is 2.80. The van der Waals surface area contributed by atoms with Crippen LogP contribution in [-0.2, 0) is 24.6 Å². The summed E-state index contributed by atoms with van der Waals surface area (Å²) in [5, 5.41) is 0.838. The Balaban J connectivity index is 1.77. The number of hydrogen-bond acceptors (Lipinski definition) is 3. The van der Waals surface area contributed by atoms with E-state index in [4.69, 9.17) is 0 Å². The van der Waals surface area contributed by atoms with E-state index in [-0.39, 0.29) is 18.0 Å². The first-order valence-corrected chi connectivity index (χ1v) is 11.1. The summed E-state index contributed by atoms with van der Waals surface area (Å²) in [6, 6.07) is 10.3. The zero-order valence-electron chi connectivity index (χ0n) is 19.7. The number of halogens is 3. The minimum Gasteiger partial charge on any atom is -0.339 e. The fourth-order valence-electron chi connectivity index (χ4n) is 4.33. The van der Waals surface area contributed by atoms with E-state index in [9.17, 15) is 18.0 Å². The van der Waals surface area contributed by atoms with Gasteiger partial charge in [0.25, 0.3) is 0 Å². The van der Waals surface area contributed by atoms with Crippen molar-refractivity contribution < 1.29 is 18.0 Å². The van der Waals surface area contributed by atoms with E-state index in [0.29, 0.717) is 24.1 Å². The van der Waals surface area contributed by atoms with Gasteiger partial charge >= 0.3 is 6.18 Å². The number of carbonyl (C=O) groups is 1. The Kier molecular flexibility index (Phi) is 6.34. The number of alkyl halides is 3. The van der Waals surface area contributed by atoms with Gasteiger partial charge < -0.3 is 9.47 Å². The molecule has 2 heterocycles. The van der Waals surface area contributed by atoms with Gasteiger partial charge in [0.05, 0.1) is 17.6 Å². The Labute approximate surface area is 196 Å². The highest BCUT2D eigenvalue weighted by Crippen LogP contribution is 2.33. The summed E-state index contributed by atoms with van der Waals surface area (Å²) in [7, 11) is 1.93. The molecule has 2 aromatic carbocycles. The van der Waals surface area contributed by atoms with Gasteiger partial charge in [-0.1, -0.05) is 24.3 Å². The summed E-state index contributed by atoms with van der Waals surface area (Å²) in [6.45, 7) is 6.28. The third-order valence-electron chi connectivity index (χ3n) is 6.53. The third kappa shape index (κ3) is 4.62. The van der Waals surface area contributed by atoms with Crippen molar-refractivity contribution in [3.05, 3.63) is 76.0 Å². The van der Waals surface area contributed by atoms with Gasteiger partial charge in [0.15, 0.2) is 5.49 Å². The molecule has 1 amide bonds. The number of aryl methyl sites for hydroxylation is 2. The van der Waals surface area contributed by atoms with Crippen molar-refractivity contribution in [1.29, 1.82) is 0 Å². The van der Waals surface area contributed by atoms with Gasteiger partial charge in [-0.15, -0.1) is 0 Å². The standard InChI is InChI=1S/C26H27F3N4O/c1-16-21(6-5-7-23(16)26(27,28)29)15-30-25-22-14-20(8-9-24(22)32(4)17(2)31-25)19-10-12-33(13-11-19)18(3)34/h5-10,14H,11-13,15H2,1-4H3. The molecule has 5 nitrogen and oxygen atoms in total. The van der Waals surface area contributed by atoms with Gasteiger partial charge in [-0.3, -0.25) is 9.79 Å². The van der Waals surface area contributed by atoms with Crippen LogP contribution in [0.2, 0.25) is 0 Å². The van der Waals surface area contributed by atoms with Crippen molar-refractivity contribution in [2.75, 3.05) is 13.1 Å². The number of fused-ring (bicyclic) bond motifs is 1. The van der Waals surface area contributed by atoms with Gasteiger partial charge in [0.2, 0.25) is 5.91 Å². The number of aromatic nitrogens is 2. The molecule has 0 atom stereocenters. The molecule has 0 radical (unpaired) electrons. The summed E-state index contributed by atoms with van der Waals surface area (Å²) in [4.78, 5) is 22.7. The first-order chi connectivity index (χ1) is 16.1. The Morgan fingerprint density at radius 1 is 1.18 bits per heavy atom. The monoisotopic (exact) mass is 468 g/mol. The molecule has 1 aromatic heterocycles. The highest BCUT2D eigenvalue weighted by atomic mass is 19.4. The molecule has 0 bridgehead atoms. The maximum absolute atomic E-state index is 13.3. The van der Waals surface area contributed by atoms with Crippen LogP contribution in [-0.4, -0.2) is 33.4 Å². The van der Waals surface area contributed by atoms with Gasteiger partial charge in [-0.2, -0.15) is 13.2 Å². The van der Waals surface area contributed by atoms with Crippen molar-refractivity contribution in [2.24, 2.45) is 12.0 Å². The summed E-state index contributed by atoms with van der Waals surface area (Å²) < 4.78 is 41.9. The third-order valence-corrected chi connectivity index (χ3v) is 6.53. The number of benzene rings is 2. The molecule has 0 N–H and O–H groups in total. The molecule has 178 valence electrons. The second-order valence-electron chi connectivity index (χ2n) is 8.62. The molecule has 3 aromatic rings. The van der Waals surface area contributed by atoms with E-state index in [1.807, 2.05) is 30.7 Å². The molecular formula is C26H27F3N4O. The molecule has 4 rings (SSSR count). The lowest BCUT2D eigenvalue weighted by Crippen LogP contribution is -2.32. The topological polar surface area (TPSA) is 50.5 Å². The fraction of sp³-hybridized carbons (Fsp3) is 0.346. The zero-order valence-corrected chi connectivity index (χ0v) is 19.7. The highest BCUT2D eigenvalue weighted by Gasteiger charge is 2.32. The Morgan fingerprint density at radius 2 is 1.94 bits per heavy atom. The lowest BCUT2D eigenvalue weighted by atomic mass is 9.98. The maximum atomic E-state index is 13.3. The number of hydrogen-bond donors (Lipinski definition) is 0. The molecule has 0 aliphatic carbocycles. The quantitative estimate of drug-likeness (QED) is 0.547. The van der Waals surface area contributed by atoms with Crippen LogP contribution >= 0.6 is 0 Å². The predicted molar refractivity (Wildman–Crippen MR) is 126 cm³/mol. The molecule has 0 saturated heterocycles. The number of nitrogens with zero attached hydrogens (tertiary/aromatic N) is 4. The van der Waals surface area contributed by atoms with Gasteiger partial charge in [0.1, 0.15) is 5.82 Å². The molecule has 8 heteroatoms. The molecule has 0 spiro atoms. The van der Waals surface area contributed by atoms with Crippen LogP contribution in [0.1, 0.15) is 41.4 Å². The van der Waals surface area contributed by atoms with E-state index in [1.165, 1.54) is 13.0 Å². The molecule has 0 saturated carbocycles. The van der Waals surface area contributed by atoms with Crippen LogP contribution in [0.5, 0.6) is 0 Å². The predicted octanol–water partition coefficient (Wildman–Crippen LogP) is 4.95. The summed E-state index contributed by atoms with van der Waals surface area (Å²) in [5.41, 5.74) is 3.70. The highest BCUT2D eigenvalue weighted by molar-refractivity contribution is 5.84. The fourth-order valence-corrected chi connectivity index (χ4v) is 4.33. The lowest BCUT2D eigenvalue weighted by Gasteiger charge is -2.25.